The number of hydrogen-bond acceptors (Lipinski definition) is 12. The molecule has 1 saturated heterocycles. The Kier molecular flexibility index (Phi) is 14.8. The highest BCUT2D eigenvalue weighted by Crippen LogP contribution is 2.51. The third-order valence-corrected chi connectivity index (χ3v) is 12.3. The summed E-state index contributed by atoms with van der Waals surface area (Å²) < 4.78 is 42.8. The quantitative estimate of drug-likeness (QED) is 0.0442. The number of imidazole rings is 1. The minimum Gasteiger partial charge on any atom is -0.497 e. The van der Waals surface area contributed by atoms with E-state index in [-0.39, 0.29) is 42.8 Å². The number of H-pyrrole nitrogens is 1. The van der Waals surface area contributed by atoms with E-state index in [0.29, 0.717) is 42.0 Å². The molecule has 1 aliphatic heterocycles. The molecular weight excluding hydrogens is 769 g/mol. The van der Waals surface area contributed by atoms with Crippen molar-refractivity contribution in [2.45, 2.75) is 90.5 Å². The smallest absolute Gasteiger partial charge is 0.280 e. The molecule has 3 aromatic carbocycles. The first-order valence-electron chi connectivity index (χ1n) is 20.1. The molecule has 2 aromatic heterocycles. The van der Waals surface area contributed by atoms with Gasteiger partial charge in [0.2, 0.25) is 5.95 Å². The van der Waals surface area contributed by atoms with Gasteiger partial charge >= 0.3 is 0 Å². The van der Waals surface area contributed by atoms with Crippen LogP contribution < -0.4 is 20.3 Å². The zero-order valence-corrected chi connectivity index (χ0v) is 36.0. The lowest BCUT2D eigenvalue weighted by atomic mass is 9.80. The van der Waals surface area contributed by atoms with Crippen molar-refractivity contribution in [2.75, 3.05) is 39.3 Å². The number of benzene rings is 3. The van der Waals surface area contributed by atoms with Gasteiger partial charge in [0.1, 0.15) is 29.4 Å². The number of anilines is 1. The summed E-state index contributed by atoms with van der Waals surface area (Å²) in [6.07, 6.45) is 0.376. The van der Waals surface area contributed by atoms with Gasteiger partial charge in [0, 0.05) is 25.0 Å². The zero-order valence-electron chi connectivity index (χ0n) is 35.1. The number of rotatable bonds is 20. The summed E-state index contributed by atoms with van der Waals surface area (Å²) in [5.41, 5.74) is 1.78. The van der Waals surface area contributed by atoms with Crippen LogP contribution >= 0.6 is 8.53 Å². The molecule has 5 aromatic rings. The molecule has 0 spiro atoms. The highest BCUT2D eigenvalue weighted by atomic mass is 31.2. The highest BCUT2D eigenvalue weighted by molar-refractivity contribution is 7.44. The van der Waals surface area contributed by atoms with Crippen LogP contribution in [0.4, 0.5) is 5.95 Å². The molecule has 3 heterocycles. The van der Waals surface area contributed by atoms with Crippen LogP contribution in [0.5, 0.6) is 11.5 Å². The molecule has 0 amide bonds. The van der Waals surface area contributed by atoms with Crippen molar-refractivity contribution in [3.63, 3.8) is 0 Å². The minimum atomic E-state index is -1.65. The molecule has 0 saturated carbocycles. The van der Waals surface area contributed by atoms with Crippen molar-refractivity contribution in [3.05, 3.63) is 112 Å². The molecule has 2 N–H and O–H groups in total. The van der Waals surface area contributed by atoms with Crippen molar-refractivity contribution in [2.24, 2.45) is 5.92 Å². The average molecular weight is 826 g/mol. The second kappa shape index (κ2) is 19.9. The number of aromatic nitrogens is 4. The van der Waals surface area contributed by atoms with Gasteiger partial charge < -0.3 is 33.3 Å². The fraction of sp³-hybridized carbons (Fsp3) is 0.455. The summed E-state index contributed by atoms with van der Waals surface area (Å²) in [7, 11) is 1.63. The van der Waals surface area contributed by atoms with E-state index in [1.54, 1.807) is 25.1 Å². The fourth-order valence-corrected chi connectivity index (χ4v) is 9.10. The zero-order chi connectivity index (χ0) is 42.1. The van der Waals surface area contributed by atoms with Crippen LogP contribution in [0.1, 0.15) is 77.3 Å². The Hall–Kier alpha value is -4.87. The standard InChI is InChI=1S/C44H56N7O7P/c1-29(2)26-46-43-48-41-40(42(52)49-43)47-28-50(41)39-25-37(58-59(56-24-12-23-45)51(30(3)4)31(5)6)38(57-39)27-55-44(32-13-10-9-11-14-32,33-15-19-35(53-7)20-16-33)34-17-21-36(54-8)22-18-34/h9-11,13-22,28-31,37-39H,12,24-27H2,1-8H3,(H2,46,48,49,52)/t37-,38+,39+,59?/m0/s1. The molecule has 14 nitrogen and oxygen atoms in total. The maximum absolute atomic E-state index is 13.2. The van der Waals surface area contributed by atoms with Crippen molar-refractivity contribution in [1.82, 2.24) is 24.2 Å². The summed E-state index contributed by atoms with van der Waals surface area (Å²) in [6, 6.07) is 28.2. The summed E-state index contributed by atoms with van der Waals surface area (Å²) in [5, 5.41) is 12.6. The number of nitrogens with zero attached hydrogens (tertiary/aromatic N) is 5. The Morgan fingerprint density at radius 1 is 0.949 bits per heavy atom. The Balaban J connectivity index is 1.44. The Bertz CT molecular complexity index is 2130. The lowest BCUT2D eigenvalue weighted by Crippen LogP contribution is -2.39. The lowest BCUT2D eigenvalue weighted by molar-refractivity contribution is -0.0912. The van der Waals surface area contributed by atoms with Gasteiger partial charge in [0.05, 0.1) is 52.4 Å². The van der Waals surface area contributed by atoms with Crippen molar-refractivity contribution < 1.29 is 28.0 Å². The van der Waals surface area contributed by atoms with Gasteiger partial charge in [-0.3, -0.25) is 14.3 Å². The first-order chi connectivity index (χ1) is 28.5. The van der Waals surface area contributed by atoms with E-state index in [9.17, 15) is 10.1 Å². The molecule has 15 heteroatoms. The van der Waals surface area contributed by atoms with E-state index in [1.807, 2.05) is 66.7 Å². The lowest BCUT2D eigenvalue weighted by Gasteiger charge is -2.39. The molecular formula is C44H56N7O7P. The van der Waals surface area contributed by atoms with Gasteiger partial charge in [0.25, 0.3) is 14.1 Å². The summed E-state index contributed by atoms with van der Waals surface area (Å²) in [4.78, 5) is 25.3. The van der Waals surface area contributed by atoms with E-state index in [0.717, 1.165) is 16.7 Å². The maximum atomic E-state index is 13.2. The number of nitrogens with one attached hydrogen (secondary N) is 2. The van der Waals surface area contributed by atoms with E-state index < -0.39 is 32.6 Å². The normalized spacial score (nSPS) is 17.6. The van der Waals surface area contributed by atoms with Gasteiger partial charge in [-0.05, 0) is 74.6 Å². The van der Waals surface area contributed by atoms with Crippen LogP contribution in [0, 0.1) is 17.2 Å². The molecule has 0 radical (unpaired) electrons. The third kappa shape index (κ3) is 9.95. The predicted molar refractivity (Wildman–Crippen MR) is 228 cm³/mol. The van der Waals surface area contributed by atoms with Crippen LogP contribution in [0.3, 0.4) is 0 Å². The maximum Gasteiger partial charge on any atom is 0.280 e. The molecule has 59 heavy (non-hydrogen) atoms. The predicted octanol–water partition coefficient (Wildman–Crippen LogP) is 8.16. The summed E-state index contributed by atoms with van der Waals surface area (Å²) in [5.74, 6) is 2.12. The van der Waals surface area contributed by atoms with Crippen LogP contribution in [0.15, 0.2) is 90.0 Å². The van der Waals surface area contributed by atoms with Gasteiger partial charge in [-0.25, -0.2) is 9.65 Å². The minimum absolute atomic E-state index is 0.0807. The first kappa shape index (κ1) is 43.7. The van der Waals surface area contributed by atoms with E-state index in [4.69, 9.17) is 33.0 Å². The van der Waals surface area contributed by atoms with Crippen LogP contribution in [0.2, 0.25) is 0 Å². The van der Waals surface area contributed by atoms with Crippen molar-refractivity contribution >= 4 is 25.6 Å². The Labute approximate surface area is 347 Å². The van der Waals surface area contributed by atoms with Gasteiger partial charge in [0.15, 0.2) is 11.2 Å². The number of fused-ring (bicyclic) bond motifs is 1. The Morgan fingerprint density at radius 2 is 1.56 bits per heavy atom. The second-order valence-electron chi connectivity index (χ2n) is 15.4. The molecule has 1 fully saturated rings. The molecule has 1 aliphatic rings. The fourth-order valence-electron chi connectivity index (χ4n) is 7.35. The highest BCUT2D eigenvalue weighted by Gasteiger charge is 2.45. The number of methoxy groups -OCH3 is 2. The van der Waals surface area contributed by atoms with Crippen LogP contribution in [-0.4, -0.2) is 82.5 Å². The van der Waals surface area contributed by atoms with E-state index in [1.165, 1.54) is 0 Å². The van der Waals surface area contributed by atoms with E-state index in [2.05, 4.69) is 79.7 Å². The Morgan fingerprint density at radius 3 is 2.12 bits per heavy atom. The summed E-state index contributed by atoms with van der Waals surface area (Å²) in [6.45, 7) is 13.5. The van der Waals surface area contributed by atoms with Crippen molar-refractivity contribution in [3.8, 4) is 17.6 Å². The van der Waals surface area contributed by atoms with E-state index >= 15 is 0 Å². The number of nitriles is 1. The summed E-state index contributed by atoms with van der Waals surface area (Å²) >= 11 is 0. The number of aromatic amines is 1. The molecule has 0 bridgehead atoms. The molecule has 4 atom stereocenters. The largest absolute Gasteiger partial charge is 0.497 e. The number of hydrogen-bond donors (Lipinski definition) is 2. The average Bonchev–Trinajstić information content (AvgIpc) is 3.85. The molecule has 6 rings (SSSR count). The van der Waals surface area contributed by atoms with Gasteiger partial charge in [-0.2, -0.15) is 10.2 Å². The number of ether oxygens (including phenoxy) is 4. The first-order valence-corrected chi connectivity index (χ1v) is 21.2. The molecule has 0 aliphatic carbocycles. The topological polar surface area (TPSA) is 158 Å². The second-order valence-corrected chi connectivity index (χ2v) is 16.8. The monoisotopic (exact) mass is 825 g/mol. The molecule has 1 unspecified atom stereocenters. The van der Waals surface area contributed by atoms with Crippen LogP contribution in [0.25, 0.3) is 11.2 Å². The van der Waals surface area contributed by atoms with Crippen LogP contribution in [-0.2, 0) is 24.1 Å². The van der Waals surface area contributed by atoms with Crippen molar-refractivity contribution in [1.29, 1.82) is 5.26 Å². The molecule has 314 valence electrons. The third-order valence-electron chi connectivity index (χ3n) is 10.1. The SMILES string of the molecule is COc1ccc(C(OC[C@H]2O[C@@H](n3cnc4c(=O)[nH]c(NCC(C)C)nc43)C[C@@H]2OP(OCCC#N)N(C(C)C)C(C)C)(c2ccccc2)c2ccc(OC)cc2)cc1. The van der Waals surface area contributed by atoms with Gasteiger partial charge in [-0.15, -0.1) is 0 Å². The van der Waals surface area contributed by atoms with Gasteiger partial charge in [-0.1, -0.05) is 68.4 Å².